The van der Waals surface area contributed by atoms with Crippen molar-refractivity contribution in [2.24, 2.45) is 5.92 Å². The van der Waals surface area contributed by atoms with Crippen LogP contribution in [0.4, 0.5) is 0 Å². The van der Waals surface area contributed by atoms with Crippen molar-refractivity contribution in [3.63, 3.8) is 0 Å². The lowest BCUT2D eigenvalue weighted by Gasteiger charge is -2.23. The number of unbranched alkanes of at least 4 members (excludes halogenated alkanes) is 4. The molecule has 0 aromatic carbocycles. The van der Waals surface area contributed by atoms with Crippen molar-refractivity contribution in [3.8, 4) is 0 Å². The molecular weight excluding hydrogens is 216 g/mol. The smallest absolute Gasteiger partial charge is 0.331 e. The number of rotatable bonds is 10. The topological polar surface area (TPSA) is 18.5 Å². The Morgan fingerprint density at radius 3 is 2.12 bits per heavy atom. The second-order valence-corrected chi connectivity index (χ2v) is 8.74. The van der Waals surface area contributed by atoms with Crippen LogP contribution in [0.3, 0.4) is 0 Å². The van der Waals surface area contributed by atoms with E-state index in [0.717, 1.165) is 13.2 Å². The summed E-state index contributed by atoms with van der Waals surface area (Å²) in [5, 5.41) is 0. The Morgan fingerprint density at radius 1 is 0.938 bits per heavy atom. The third-order valence-corrected chi connectivity index (χ3v) is 4.22. The summed E-state index contributed by atoms with van der Waals surface area (Å²) in [5.41, 5.74) is 0. The van der Waals surface area contributed by atoms with Crippen LogP contribution >= 0.6 is 0 Å². The predicted molar refractivity (Wildman–Crippen MR) is 73.0 cm³/mol. The van der Waals surface area contributed by atoms with Crippen LogP contribution in [0.5, 0.6) is 0 Å². The molecule has 98 valence electrons. The van der Waals surface area contributed by atoms with Gasteiger partial charge in [0.2, 0.25) is 0 Å². The summed E-state index contributed by atoms with van der Waals surface area (Å²) in [5.74, 6) is 0.597. The first kappa shape index (κ1) is 16.1. The van der Waals surface area contributed by atoms with Gasteiger partial charge in [-0.1, -0.05) is 46.5 Å². The molecule has 0 bridgehead atoms. The molecule has 0 aliphatic carbocycles. The minimum atomic E-state index is -1.83. The van der Waals surface area contributed by atoms with Gasteiger partial charge in [-0.3, -0.25) is 0 Å². The Kier molecular flexibility index (Phi) is 9.28. The molecule has 0 fully saturated rings. The molecule has 0 rings (SSSR count). The van der Waals surface area contributed by atoms with E-state index in [1.807, 2.05) is 0 Å². The van der Waals surface area contributed by atoms with Crippen molar-refractivity contribution in [1.29, 1.82) is 0 Å². The molecule has 0 unspecified atom stereocenters. The molecule has 0 aliphatic heterocycles. The van der Waals surface area contributed by atoms with Crippen LogP contribution in [0.1, 0.15) is 52.9 Å². The van der Waals surface area contributed by atoms with E-state index in [1.165, 1.54) is 32.1 Å². The molecule has 0 radical (unpaired) electrons. The van der Waals surface area contributed by atoms with Crippen molar-refractivity contribution >= 4 is 8.56 Å². The summed E-state index contributed by atoms with van der Waals surface area (Å²) in [4.78, 5) is 0. The highest BCUT2D eigenvalue weighted by molar-refractivity contribution is 6.64. The lowest BCUT2D eigenvalue weighted by molar-refractivity contribution is 0.159. The molecule has 0 aliphatic rings. The number of hydrogen-bond acceptors (Lipinski definition) is 2. The average molecular weight is 246 g/mol. The van der Waals surface area contributed by atoms with Gasteiger partial charge in [0.15, 0.2) is 0 Å². The van der Waals surface area contributed by atoms with E-state index >= 15 is 0 Å². The Hall–Kier alpha value is 0.137. The van der Waals surface area contributed by atoms with Gasteiger partial charge in [-0.15, -0.1) is 0 Å². The first-order chi connectivity index (χ1) is 7.48. The lowest BCUT2D eigenvalue weighted by Crippen LogP contribution is -2.36. The Morgan fingerprint density at radius 2 is 1.56 bits per heavy atom. The third-order valence-electron chi connectivity index (χ3n) is 2.46. The van der Waals surface area contributed by atoms with E-state index in [0.29, 0.717) is 5.92 Å². The molecular formula is C13H30O2Si. The van der Waals surface area contributed by atoms with Crippen molar-refractivity contribution in [2.75, 3.05) is 13.2 Å². The minimum absolute atomic E-state index is 0.597. The molecule has 16 heavy (non-hydrogen) atoms. The van der Waals surface area contributed by atoms with E-state index in [9.17, 15) is 0 Å². The van der Waals surface area contributed by atoms with Gasteiger partial charge in [0.05, 0.1) is 0 Å². The largest absolute Gasteiger partial charge is 0.395 e. The van der Waals surface area contributed by atoms with E-state index in [1.54, 1.807) is 0 Å². The van der Waals surface area contributed by atoms with Gasteiger partial charge < -0.3 is 8.85 Å². The normalized spacial score (nSPS) is 12.4. The average Bonchev–Trinajstić information content (AvgIpc) is 2.21. The summed E-state index contributed by atoms with van der Waals surface area (Å²) in [6, 6.07) is 0. The van der Waals surface area contributed by atoms with Crippen LogP contribution in [-0.4, -0.2) is 21.8 Å². The maximum Gasteiger partial charge on any atom is 0.331 e. The van der Waals surface area contributed by atoms with Crippen LogP contribution in [0.2, 0.25) is 13.1 Å². The first-order valence-electron chi connectivity index (χ1n) is 6.76. The molecule has 0 heterocycles. The van der Waals surface area contributed by atoms with Crippen molar-refractivity contribution in [2.45, 2.75) is 66.0 Å². The standard InChI is InChI=1S/C13H30O2Si/c1-6-7-8-9-10-11-14-16(4,5)15-12-13(2)3/h13H,6-12H2,1-5H3. The van der Waals surface area contributed by atoms with Gasteiger partial charge in [-0.2, -0.15) is 0 Å². The summed E-state index contributed by atoms with van der Waals surface area (Å²) in [6.45, 7) is 12.6. The monoisotopic (exact) mass is 246 g/mol. The molecule has 3 heteroatoms. The summed E-state index contributed by atoms with van der Waals surface area (Å²) in [7, 11) is -1.83. The highest BCUT2D eigenvalue weighted by Crippen LogP contribution is 2.10. The number of hydrogen-bond donors (Lipinski definition) is 0. The molecule has 0 saturated heterocycles. The SMILES string of the molecule is CCCCCCCO[Si](C)(C)OCC(C)C. The van der Waals surface area contributed by atoms with Crippen LogP contribution in [-0.2, 0) is 8.85 Å². The molecule has 0 spiro atoms. The lowest BCUT2D eigenvalue weighted by atomic mass is 10.2. The van der Waals surface area contributed by atoms with Gasteiger partial charge in [0, 0.05) is 13.2 Å². The molecule has 0 aromatic heterocycles. The van der Waals surface area contributed by atoms with Gasteiger partial charge in [0.25, 0.3) is 0 Å². The van der Waals surface area contributed by atoms with Crippen LogP contribution < -0.4 is 0 Å². The predicted octanol–water partition coefficient (Wildman–Crippen LogP) is 4.35. The Labute approximate surface area is 103 Å². The summed E-state index contributed by atoms with van der Waals surface area (Å²) < 4.78 is 11.7. The fourth-order valence-electron chi connectivity index (χ4n) is 1.43. The van der Waals surface area contributed by atoms with Crippen LogP contribution in [0.15, 0.2) is 0 Å². The highest BCUT2D eigenvalue weighted by Gasteiger charge is 2.24. The summed E-state index contributed by atoms with van der Waals surface area (Å²) in [6.07, 6.45) is 6.47. The van der Waals surface area contributed by atoms with E-state index in [2.05, 4.69) is 33.9 Å². The van der Waals surface area contributed by atoms with E-state index in [-0.39, 0.29) is 0 Å². The molecule has 0 N–H and O–H groups in total. The van der Waals surface area contributed by atoms with Gasteiger partial charge in [-0.25, -0.2) is 0 Å². The van der Waals surface area contributed by atoms with Crippen molar-refractivity contribution < 1.29 is 8.85 Å². The van der Waals surface area contributed by atoms with E-state index < -0.39 is 8.56 Å². The fourth-order valence-corrected chi connectivity index (χ4v) is 2.89. The molecule has 0 saturated carbocycles. The van der Waals surface area contributed by atoms with Crippen LogP contribution in [0, 0.1) is 5.92 Å². The van der Waals surface area contributed by atoms with Crippen molar-refractivity contribution in [1.82, 2.24) is 0 Å². The molecule has 0 aromatic rings. The highest BCUT2D eigenvalue weighted by atomic mass is 28.4. The zero-order valence-electron chi connectivity index (χ0n) is 11.8. The second-order valence-electron chi connectivity index (χ2n) is 5.37. The van der Waals surface area contributed by atoms with Gasteiger partial charge >= 0.3 is 8.56 Å². The second kappa shape index (κ2) is 9.20. The van der Waals surface area contributed by atoms with E-state index in [4.69, 9.17) is 8.85 Å². The summed E-state index contributed by atoms with van der Waals surface area (Å²) >= 11 is 0. The fraction of sp³-hybridized carbons (Fsp3) is 1.00. The van der Waals surface area contributed by atoms with Gasteiger partial charge in [0.1, 0.15) is 0 Å². The zero-order chi connectivity index (χ0) is 12.4. The van der Waals surface area contributed by atoms with Crippen LogP contribution in [0.25, 0.3) is 0 Å². The first-order valence-corrected chi connectivity index (χ1v) is 9.57. The third kappa shape index (κ3) is 10.6. The minimum Gasteiger partial charge on any atom is -0.395 e. The maximum absolute atomic E-state index is 5.88. The maximum atomic E-state index is 5.88. The van der Waals surface area contributed by atoms with Crippen molar-refractivity contribution in [3.05, 3.63) is 0 Å². The zero-order valence-corrected chi connectivity index (χ0v) is 12.8. The van der Waals surface area contributed by atoms with Gasteiger partial charge in [-0.05, 0) is 25.4 Å². The Balaban J connectivity index is 3.42. The molecule has 0 amide bonds. The Bertz CT molecular complexity index is 158. The molecule has 0 atom stereocenters. The quantitative estimate of drug-likeness (QED) is 0.421. The molecule has 2 nitrogen and oxygen atoms in total.